The smallest absolute Gasteiger partial charge is 0.240 e. The van der Waals surface area contributed by atoms with Crippen molar-refractivity contribution in [2.75, 3.05) is 12.4 Å². The van der Waals surface area contributed by atoms with E-state index >= 15 is 0 Å². The molecule has 0 fully saturated rings. The monoisotopic (exact) mass is 258 g/mol. The zero-order valence-corrected chi connectivity index (χ0v) is 11.3. The van der Waals surface area contributed by atoms with E-state index < -0.39 is 10.0 Å². The molecule has 96 valence electrons. The number of amides is 1. The molecule has 1 amide bonds. The van der Waals surface area contributed by atoms with Gasteiger partial charge < -0.3 is 5.32 Å². The Kier molecular flexibility index (Phi) is 6.45. The highest BCUT2D eigenvalue weighted by atomic mass is 32.2. The summed E-state index contributed by atoms with van der Waals surface area (Å²) < 4.78 is 24.9. The molecule has 1 aromatic carbocycles. The van der Waals surface area contributed by atoms with Crippen molar-refractivity contribution in [3.63, 3.8) is 0 Å². The lowest BCUT2D eigenvalue weighted by molar-refractivity contribution is -0.114. The Morgan fingerprint density at radius 3 is 1.94 bits per heavy atom. The summed E-state index contributed by atoms with van der Waals surface area (Å²) in [5.74, 6) is -0.195. The van der Waals surface area contributed by atoms with Crippen LogP contribution in [0.15, 0.2) is 29.2 Å². The molecule has 0 unspecified atom stereocenters. The number of nitrogens with one attached hydrogen (secondary N) is 2. The largest absolute Gasteiger partial charge is 0.326 e. The SMILES string of the molecule is CC.CNS(=O)(=O)c1ccc(NC(C)=O)cc1. The second-order valence-electron chi connectivity index (χ2n) is 2.91. The van der Waals surface area contributed by atoms with Gasteiger partial charge in [-0.3, -0.25) is 4.79 Å². The molecule has 0 atom stereocenters. The minimum absolute atomic E-state index is 0.166. The number of hydrogen-bond donors (Lipinski definition) is 2. The highest BCUT2D eigenvalue weighted by Gasteiger charge is 2.10. The summed E-state index contributed by atoms with van der Waals surface area (Å²) in [5, 5.41) is 2.55. The maximum absolute atomic E-state index is 11.3. The molecule has 0 radical (unpaired) electrons. The first kappa shape index (κ1) is 15.6. The first-order valence-electron chi connectivity index (χ1n) is 5.27. The molecule has 1 aromatic rings. The summed E-state index contributed by atoms with van der Waals surface area (Å²) in [6.45, 7) is 5.39. The summed E-state index contributed by atoms with van der Waals surface area (Å²) in [5.41, 5.74) is 0.567. The average molecular weight is 258 g/mol. The fourth-order valence-electron chi connectivity index (χ4n) is 1.04. The zero-order valence-electron chi connectivity index (χ0n) is 10.4. The minimum Gasteiger partial charge on any atom is -0.326 e. The summed E-state index contributed by atoms with van der Waals surface area (Å²) >= 11 is 0. The fourth-order valence-corrected chi connectivity index (χ4v) is 1.77. The number of hydrogen-bond acceptors (Lipinski definition) is 3. The molecule has 0 saturated heterocycles. The highest BCUT2D eigenvalue weighted by Crippen LogP contribution is 2.13. The molecule has 0 aliphatic rings. The molecular weight excluding hydrogens is 240 g/mol. The second kappa shape index (κ2) is 7.03. The van der Waals surface area contributed by atoms with Gasteiger partial charge in [-0.2, -0.15) is 0 Å². The van der Waals surface area contributed by atoms with Gasteiger partial charge in [0.15, 0.2) is 0 Å². The number of sulfonamides is 1. The second-order valence-corrected chi connectivity index (χ2v) is 4.80. The Morgan fingerprint density at radius 1 is 1.12 bits per heavy atom. The Labute approximate surface area is 102 Å². The van der Waals surface area contributed by atoms with Crippen LogP contribution in [0.25, 0.3) is 0 Å². The van der Waals surface area contributed by atoms with Gasteiger partial charge in [0.25, 0.3) is 0 Å². The Bertz CT molecular complexity index is 452. The molecule has 0 saturated carbocycles. The van der Waals surface area contributed by atoms with Gasteiger partial charge in [-0.15, -0.1) is 0 Å². The van der Waals surface area contributed by atoms with E-state index in [1.165, 1.54) is 38.2 Å². The fraction of sp³-hybridized carbons (Fsp3) is 0.364. The van der Waals surface area contributed by atoms with E-state index in [0.717, 1.165) is 0 Å². The average Bonchev–Trinajstić information content (AvgIpc) is 2.31. The highest BCUT2D eigenvalue weighted by molar-refractivity contribution is 7.89. The zero-order chi connectivity index (χ0) is 13.5. The molecule has 0 aromatic heterocycles. The molecule has 1 rings (SSSR count). The van der Waals surface area contributed by atoms with Crippen LogP contribution in [0.4, 0.5) is 5.69 Å². The number of carbonyl (C=O) groups excluding carboxylic acids is 1. The van der Waals surface area contributed by atoms with E-state index in [4.69, 9.17) is 0 Å². The van der Waals surface area contributed by atoms with Crippen LogP contribution >= 0.6 is 0 Å². The topological polar surface area (TPSA) is 75.3 Å². The molecule has 2 N–H and O–H groups in total. The third-order valence-corrected chi connectivity index (χ3v) is 3.18. The van der Waals surface area contributed by atoms with Gasteiger partial charge in [-0.05, 0) is 31.3 Å². The van der Waals surface area contributed by atoms with Crippen molar-refractivity contribution in [3.05, 3.63) is 24.3 Å². The van der Waals surface area contributed by atoms with Crippen LogP contribution in [-0.2, 0) is 14.8 Å². The lowest BCUT2D eigenvalue weighted by Crippen LogP contribution is -2.18. The van der Waals surface area contributed by atoms with Crippen LogP contribution in [0.3, 0.4) is 0 Å². The number of anilines is 1. The number of benzene rings is 1. The van der Waals surface area contributed by atoms with Gasteiger partial charge in [0, 0.05) is 12.6 Å². The van der Waals surface area contributed by atoms with Crippen LogP contribution in [0.2, 0.25) is 0 Å². The summed E-state index contributed by atoms with van der Waals surface area (Å²) in [4.78, 5) is 10.9. The number of rotatable bonds is 3. The van der Waals surface area contributed by atoms with Crippen LogP contribution in [0.1, 0.15) is 20.8 Å². The van der Waals surface area contributed by atoms with Crippen molar-refractivity contribution < 1.29 is 13.2 Å². The standard InChI is InChI=1S/C9H12N2O3S.C2H6/c1-7(12)11-8-3-5-9(6-4-8)15(13,14)10-2;1-2/h3-6,10H,1-2H3,(H,11,12);1-2H3. The molecule has 0 spiro atoms. The van der Waals surface area contributed by atoms with Crippen molar-refractivity contribution in [2.24, 2.45) is 0 Å². The van der Waals surface area contributed by atoms with Gasteiger partial charge in [-0.25, -0.2) is 13.1 Å². The van der Waals surface area contributed by atoms with Gasteiger partial charge >= 0.3 is 0 Å². The first-order valence-corrected chi connectivity index (χ1v) is 6.75. The lowest BCUT2D eigenvalue weighted by Gasteiger charge is -2.04. The van der Waals surface area contributed by atoms with Crippen LogP contribution in [-0.4, -0.2) is 21.4 Å². The van der Waals surface area contributed by atoms with Crippen molar-refractivity contribution >= 4 is 21.6 Å². The van der Waals surface area contributed by atoms with E-state index in [1.807, 2.05) is 13.8 Å². The van der Waals surface area contributed by atoms with E-state index in [-0.39, 0.29) is 10.8 Å². The molecule has 5 nitrogen and oxygen atoms in total. The van der Waals surface area contributed by atoms with E-state index in [0.29, 0.717) is 5.69 Å². The maximum atomic E-state index is 11.3. The quantitative estimate of drug-likeness (QED) is 0.864. The van der Waals surface area contributed by atoms with Crippen molar-refractivity contribution in [1.29, 1.82) is 0 Å². The van der Waals surface area contributed by atoms with Crippen molar-refractivity contribution in [1.82, 2.24) is 4.72 Å². The Morgan fingerprint density at radius 2 is 1.59 bits per heavy atom. The minimum atomic E-state index is -3.41. The van der Waals surface area contributed by atoms with E-state index in [9.17, 15) is 13.2 Å². The molecule has 6 heteroatoms. The third kappa shape index (κ3) is 4.97. The molecule has 17 heavy (non-hydrogen) atoms. The predicted molar refractivity (Wildman–Crippen MR) is 68.3 cm³/mol. The summed E-state index contributed by atoms with van der Waals surface area (Å²) in [7, 11) is -2.06. The van der Waals surface area contributed by atoms with Crippen molar-refractivity contribution in [3.8, 4) is 0 Å². The molecule has 0 bridgehead atoms. The lowest BCUT2D eigenvalue weighted by atomic mass is 10.3. The molecule has 0 heterocycles. The first-order chi connectivity index (χ1) is 7.95. The third-order valence-electron chi connectivity index (χ3n) is 1.75. The molecular formula is C11H18N2O3S. The normalized spacial score (nSPS) is 10.1. The van der Waals surface area contributed by atoms with Crippen LogP contribution < -0.4 is 10.0 Å². The summed E-state index contributed by atoms with van der Waals surface area (Å²) in [6, 6.07) is 5.92. The van der Waals surface area contributed by atoms with Gasteiger partial charge in [-0.1, -0.05) is 13.8 Å². The Hall–Kier alpha value is -1.40. The molecule has 0 aliphatic heterocycles. The van der Waals surface area contributed by atoms with Gasteiger partial charge in [0.1, 0.15) is 0 Å². The van der Waals surface area contributed by atoms with E-state index in [1.54, 1.807) is 0 Å². The van der Waals surface area contributed by atoms with Crippen molar-refractivity contribution in [2.45, 2.75) is 25.7 Å². The predicted octanol–water partition coefficient (Wildman–Crippen LogP) is 1.58. The summed E-state index contributed by atoms with van der Waals surface area (Å²) in [6.07, 6.45) is 0. The Balaban J connectivity index is 0.00000121. The molecule has 0 aliphatic carbocycles. The van der Waals surface area contributed by atoms with Crippen LogP contribution in [0.5, 0.6) is 0 Å². The van der Waals surface area contributed by atoms with Gasteiger partial charge in [0.05, 0.1) is 4.90 Å². The number of carbonyl (C=O) groups is 1. The van der Waals surface area contributed by atoms with Gasteiger partial charge in [0.2, 0.25) is 15.9 Å². The van der Waals surface area contributed by atoms with E-state index in [2.05, 4.69) is 10.0 Å². The van der Waals surface area contributed by atoms with Crippen LogP contribution in [0, 0.1) is 0 Å². The maximum Gasteiger partial charge on any atom is 0.240 e.